The highest BCUT2D eigenvalue weighted by atomic mass is 35.5. The number of esters is 1. The monoisotopic (exact) mass is 351 g/mol. The summed E-state index contributed by atoms with van der Waals surface area (Å²) >= 11 is 11.8. The third kappa shape index (κ3) is 3.88. The summed E-state index contributed by atoms with van der Waals surface area (Å²) in [5.41, 5.74) is -0.168. The van der Waals surface area contributed by atoms with Gasteiger partial charge in [-0.2, -0.15) is 0 Å². The Kier molecular flexibility index (Phi) is 5.14. The van der Waals surface area contributed by atoms with Crippen LogP contribution in [0.4, 0.5) is 0 Å². The quantitative estimate of drug-likeness (QED) is 0.826. The largest absolute Gasteiger partial charge is 0.462 e. The fourth-order valence-electron chi connectivity index (χ4n) is 2.11. The second kappa shape index (κ2) is 6.52. The van der Waals surface area contributed by atoms with Crippen LogP contribution in [0, 0.1) is 5.92 Å². The molecule has 1 aromatic rings. The fraction of sp³-hybridized carbons (Fsp3) is 0.462. The molecule has 2 rings (SSSR count). The van der Waals surface area contributed by atoms with Gasteiger partial charge in [-0.1, -0.05) is 42.5 Å². The summed E-state index contributed by atoms with van der Waals surface area (Å²) in [6, 6.07) is 2.42. The molecule has 0 saturated heterocycles. The summed E-state index contributed by atoms with van der Waals surface area (Å²) < 4.78 is 27.9. The molecule has 0 heterocycles. The van der Waals surface area contributed by atoms with Crippen LogP contribution in [0.1, 0.15) is 36.0 Å². The van der Waals surface area contributed by atoms with Crippen molar-refractivity contribution >= 4 is 39.2 Å². The van der Waals surface area contributed by atoms with Gasteiger partial charge < -0.3 is 4.74 Å². The van der Waals surface area contributed by atoms with Gasteiger partial charge in [0.2, 0.25) is 10.0 Å². The van der Waals surface area contributed by atoms with E-state index in [-0.39, 0.29) is 27.1 Å². The van der Waals surface area contributed by atoms with Crippen LogP contribution in [0.25, 0.3) is 0 Å². The Labute approximate surface area is 133 Å². The Bertz CT molecular complexity index is 656. The van der Waals surface area contributed by atoms with E-state index in [1.54, 1.807) is 0 Å². The molecular weight excluding hydrogens is 337 g/mol. The van der Waals surface area contributed by atoms with Crippen LogP contribution in [0.5, 0.6) is 0 Å². The van der Waals surface area contributed by atoms with Crippen molar-refractivity contribution in [2.45, 2.75) is 30.6 Å². The number of halogens is 2. The fourth-order valence-corrected chi connectivity index (χ4v) is 3.57. The van der Waals surface area contributed by atoms with Crippen molar-refractivity contribution in [1.29, 1.82) is 0 Å². The number of ether oxygens (including phenoxy) is 1. The van der Waals surface area contributed by atoms with Crippen molar-refractivity contribution in [3.8, 4) is 0 Å². The van der Waals surface area contributed by atoms with E-state index in [1.807, 2.05) is 0 Å². The van der Waals surface area contributed by atoms with Crippen LogP contribution in [-0.2, 0) is 14.8 Å². The maximum atomic E-state index is 12.0. The zero-order valence-electron chi connectivity index (χ0n) is 11.1. The predicted molar refractivity (Wildman–Crippen MR) is 80.1 cm³/mol. The van der Waals surface area contributed by atoms with E-state index >= 15 is 0 Å². The number of nitrogens with two attached hydrogens (primary N) is 1. The lowest BCUT2D eigenvalue weighted by atomic mass is 9.83. The first kappa shape index (κ1) is 16.5. The van der Waals surface area contributed by atoms with Crippen LogP contribution in [0.3, 0.4) is 0 Å². The second-order valence-electron chi connectivity index (χ2n) is 5.00. The number of carbonyl (C=O) groups is 1. The van der Waals surface area contributed by atoms with Crippen LogP contribution in [-0.4, -0.2) is 21.0 Å². The molecule has 116 valence electrons. The molecule has 0 amide bonds. The van der Waals surface area contributed by atoms with Gasteiger partial charge in [-0.05, 0) is 24.5 Å². The van der Waals surface area contributed by atoms with Gasteiger partial charge in [0.05, 0.1) is 22.2 Å². The number of hydrogen-bond donors (Lipinski definition) is 1. The molecule has 1 saturated carbocycles. The van der Waals surface area contributed by atoms with Crippen molar-refractivity contribution in [3.63, 3.8) is 0 Å². The summed E-state index contributed by atoms with van der Waals surface area (Å²) in [5.74, 6) is -0.144. The molecular formula is C13H15Cl2NO4S. The molecule has 0 radical (unpaired) electrons. The average molecular weight is 352 g/mol. The van der Waals surface area contributed by atoms with Gasteiger partial charge in [0.25, 0.3) is 0 Å². The number of hydrogen-bond acceptors (Lipinski definition) is 4. The molecule has 0 bridgehead atoms. The van der Waals surface area contributed by atoms with Crippen molar-refractivity contribution in [2.24, 2.45) is 11.1 Å². The van der Waals surface area contributed by atoms with Crippen LogP contribution >= 0.6 is 23.2 Å². The normalized spacial score (nSPS) is 15.6. The summed E-state index contributed by atoms with van der Waals surface area (Å²) in [7, 11) is -4.03. The highest BCUT2D eigenvalue weighted by molar-refractivity contribution is 7.89. The minimum absolute atomic E-state index is 0.0287. The lowest BCUT2D eigenvalue weighted by Gasteiger charge is -2.24. The Morgan fingerprint density at radius 3 is 2.52 bits per heavy atom. The zero-order chi connectivity index (χ0) is 15.6. The van der Waals surface area contributed by atoms with Gasteiger partial charge in [-0.25, -0.2) is 18.4 Å². The third-order valence-corrected chi connectivity index (χ3v) is 5.32. The Morgan fingerprint density at radius 2 is 2.00 bits per heavy atom. The van der Waals surface area contributed by atoms with Crippen LogP contribution in [0.2, 0.25) is 10.0 Å². The maximum absolute atomic E-state index is 12.0. The number of benzene rings is 1. The molecule has 0 unspecified atom stereocenters. The number of rotatable bonds is 5. The molecule has 8 heteroatoms. The minimum Gasteiger partial charge on any atom is -0.462 e. The van der Waals surface area contributed by atoms with E-state index in [0.29, 0.717) is 5.92 Å². The molecule has 1 aliphatic carbocycles. The second-order valence-corrected chi connectivity index (χ2v) is 7.32. The summed E-state index contributed by atoms with van der Waals surface area (Å²) in [6.45, 7) is 0.260. The first-order chi connectivity index (χ1) is 9.80. The first-order valence-corrected chi connectivity index (χ1v) is 8.79. The average Bonchev–Trinajstić information content (AvgIpc) is 2.30. The molecule has 2 N–H and O–H groups in total. The van der Waals surface area contributed by atoms with E-state index in [0.717, 1.165) is 25.3 Å². The third-order valence-electron chi connectivity index (χ3n) is 3.55. The van der Waals surface area contributed by atoms with Crippen molar-refractivity contribution in [1.82, 2.24) is 0 Å². The minimum atomic E-state index is -4.03. The Morgan fingerprint density at radius 1 is 1.33 bits per heavy atom. The number of primary sulfonamides is 1. The van der Waals surface area contributed by atoms with E-state index in [1.165, 1.54) is 12.5 Å². The topological polar surface area (TPSA) is 86.5 Å². The lowest BCUT2D eigenvalue weighted by molar-refractivity contribution is 0.0464. The van der Waals surface area contributed by atoms with Gasteiger partial charge in [-0.15, -0.1) is 0 Å². The van der Waals surface area contributed by atoms with E-state index < -0.39 is 16.0 Å². The molecule has 0 atom stereocenters. The van der Waals surface area contributed by atoms with Crippen LogP contribution in [0.15, 0.2) is 17.0 Å². The van der Waals surface area contributed by atoms with Gasteiger partial charge in [-0.3, -0.25) is 0 Å². The maximum Gasteiger partial charge on any atom is 0.341 e. The van der Waals surface area contributed by atoms with Gasteiger partial charge in [0, 0.05) is 0 Å². The summed E-state index contributed by atoms with van der Waals surface area (Å²) in [6.07, 6.45) is 4.31. The highest BCUT2D eigenvalue weighted by Crippen LogP contribution is 2.32. The van der Waals surface area contributed by atoms with E-state index in [9.17, 15) is 13.2 Å². The molecule has 5 nitrogen and oxygen atoms in total. The number of carbonyl (C=O) groups excluding carboxylic acids is 1. The van der Waals surface area contributed by atoms with Gasteiger partial charge in [0.1, 0.15) is 4.90 Å². The molecule has 0 aliphatic heterocycles. The van der Waals surface area contributed by atoms with Crippen LogP contribution < -0.4 is 5.14 Å². The molecule has 1 aromatic carbocycles. The van der Waals surface area contributed by atoms with Crippen molar-refractivity contribution < 1.29 is 17.9 Å². The smallest absolute Gasteiger partial charge is 0.341 e. The van der Waals surface area contributed by atoms with Gasteiger partial charge >= 0.3 is 5.97 Å². The SMILES string of the molecule is NS(=O)(=O)c1ccc(Cl)c(C(=O)OCCC2CCC2)c1Cl. The summed E-state index contributed by atoms with van der Waals surface area (Å²) in [4.78, 5) is 11.7. The summed E-state index contributed by atoms with van der Waals surface area (Å²) in [5, 5.41) is 4.76. The molecule has 21 heavy (non-hydrogen) atoms. The Balaban J connectivity index is 2.15. The van der Waals surface area contributed by atoms with Crippen molar-refractivity contribution in [3.05, 3.63) is 27.7 Å². The van der Waals surface area contributed by atoms with E-state index in [2.05, 4.69) is 0 Å². The standard InChI is InChI=1S/C13H15Cl2NO4S/c14-9-4-5-10(21(16,18)19)12(15)11(9)13(17)20-7-6-8-2-1-3-8/h4-5,8H,1-3,6-7H2,(H2,16,18,19). The molecule has 0 spiro atoms. The number of sulfonamides is 1. The lowest BCUT2D eigenvalue weighted by Crippen LogP contribution is -2.17. The molecule has 0 aromatic heterocycles. The van der Waals surface area contributed by atoms with Gasteiger partial charge in [0.15, 0.2) is 0 Å². The highest BCUT2D eigenvalue weighted by Gasteiger charge is 2.24. The first-order valence-electron chi connectivity index (χ1n) is 6.48. The molecule has 1 aliphatic rings. The van der Waals surface area contributed by atoms with E-state index in [4.69, 9.17) is 33.1 Å². The Hall–Kier alpha value is -0.820. The molecule has 1 fully saturated rings. The van der Waals surface area contributed by atoms with Crippen molar-refractivity contribution in [2.75, 3.05) is 6.61 Å². The predicted octanol–water partition coefficient (Wildman–Crippen LogP) is 2.99. The zero-order valence-corrected chi connectivity index (χ0v) is 13.5.